The summed E-state index contributed by atoms with van der Waals surface area (Å²) >= 11 is 0. The topological polar surface area (TPSA) is 58.1 Å². The van der Waals surface area contributed by atoms with Crippen LogP contribution in [0.4, 0.5) is 0 Å². The van der Waals surface area contributed by atoms with Crippen molar-refractivity contribution in [2.75, 3.05) is 40.9 Å². The molecular weight excluding hydrogens is 515 g/mol. The molecule has 2 N–H and O–H groups in total. The number of ether oxygens (including phenoxy) is 2. The summed E-state index contributed by atoms with van der Waals surface area (Å²) in [5, 5.41) is 6.91. The lowest BCUT2D eigenvalue weighted by Gasteiger charge is -2.32. The lowest BCUT2D eigenvalue weighted by molar-refractivity contribution is 0.178. The molecule has 2 aromatic rings. The highest BCUT2D eigenvalue weighted by atomic mass is 127. The van der Waals surface area contributed by atoms with Crippen molar-refractivity contribution in [3.05, 3.63) is 59.2 Å². The third kappa shape index (κ3) is 7.85. The molecule has 0 radical (unpaired) electrons. The van der Waals surface area contributed by atoms with Gasteiger partial charge in [0.05, 0.1) is 14.2 Å². The Kier molecular flexibility index (Phi) is 11.1. The molecule has 0 saturated carbocycles. The number of nitrogens with one attached hydrogen (secondary N) is 2. The van der Waals surface area contributed by atoms with E-state index in [1.54, 1.807) is 14.2 Å². The number of piperidine rings is 1. The Hall–Kier alpha value is -2.00. The summed E-state index contributed by atoms with van der Waals surface area (Å²) in [6.45, 7) is 6.97. The van der Waals surface area contributed by atoms with E-state index in [0.717, 1.165) is 49.2 Å². The van der Waals surface area contributed by atoms with Gasteiger partial charge in [-0.1, -0.05) is 24.3 Å². The number of aliphatic imine (C=N–C) groups is 1. The van der Waals surface area contributed by atoms with Crippen LogP contribution in [0.1, 0.15) is 29.5 Å². The second-order valence-corrected chi connectivity index (χ2v) is 8.19. The number of nitrogens with zero attached hydrogens (tertiary/aromatic N) is 2. The van der Waals surface area contributed by atoms with Gasteiger partial charge >= 0.3 is 0 Å². The van der Waals surface area contributed by atoms with E-state index in [0.29, 0.717) is 12.5 Å². The smallest absolute Gasteiger partial charge is 0.191 e. The van der Waals surface area contributed by atoms with Crippen LogP contribution in [0.3, 0.4) is 0 Å². The second kappa shape index (κ2) is 13.5. The van der Waals surface area contributed by atoms with Crippen LogP contribution in [-0.2, 0) is 13.1 Å². The van der Waals surface area contributed by atoms with E-state index >= 15 is 0 Å². The number of hydrogen-bond donors (Lipinski definition) is 2. The SMILES string of the molecule is CN=C(NCc1ccc(C)cc1OC)NCC1CCN(Cc2ccc(OC)cc2)CC1.I. The van der Waals surface area contributed by atoms with Gasteiger partial charge in [0, 0.05) is 32.2 Å². The summed E-state index contributed by atoms with van der Waals surface area (Å²) < 4.78 is 10.7. The maximum atomic E-state index is 5.50. The molecule has 0 spiro atoms. The molecule has 1 aliphatic rings. The van der Waals surface area contributed by atoms with Gasteiger partial charge in [-0.25, -0.2) is 0 Å². The van der Waals surface area contributed by atoms with Gasteiger partial charge in [0.1, 0.15) is 11.5 Å². The molecular formula is C25H37IN4O2. The molecule has 1 heterocycles. The van der Waals surface area contributed by atoms with Crippen LogP contribution in [0.15, 0.2) is 47.5 Å². The zero-order valence-electron chi connectivity index (χ0n) is 19.7. The van der Waals surface area contributed by atoms with Crippen LogP contribution in [0, 0.1) is 12.8 Å². The Morgan fingerprint density at radius 1 is 1.03 bits per heavy atom. The first-order valence-electron chi connectivity index (χ1n) is 11.0. The van der Waals surface area contributed by atoms with E-state index in [4.69, 9.17) is 9.47 Å². The minimum Gasteiger partial charge on any atom is -0.497 e. The van der Waals surface area contributed by atoms with Crippen molar-refractivity contribution in [3.63, 3.8) is 0 Å². The fourth-order valence-electron chi connectivity index (χ4n) is 3.98. The molecule has 0 aromatic heterocycles. The predicted molar refractivity (Wildman–Crippen MR) is 142 cm³/mol. The highest BCUT2D eigenvalue weighted by Gasteiger charge is 2.19. The Labute approximate surface area is 209 Å². The number of methoxy groups -OCH3 is 2. The van der Waals surface area contributed by atoms with E-state index in [9.17, 15) is 0 Å². The van der Waals surface area contributed by atoms with Gasteiger partial charge in [-0.2, -0.15) is 0 Å². The summed E-state index contributed by atoms with van der Waals surface area (Å²) in [7, 11) is 5.24. The standard InChI is InChI=1S/C25H36N4O2.HI/c1-19-5-8-22(24(15-19)31-4)17-28-25(26-2)27-16-20-11-13-29(14-12-20)18-21-6-9-23(30-3)10-7-21;/h5-10,15,20H,11-14,16-18H2,1-4H3,(H2,26,27,28);1H. The first-order chi connectivity index (χ1) is 15.1. The average molecular weight is 553 g/mol. The van der Waals surface area contributed by atoms with E-state index in [1.165, 1.54) is 24.0 Å². The van der Waals surface area contributed by atoms with Crippen LogP contribution >= 0.6 is 24.0 Å². The van der Waals surface area contributed by atoms with Crippen molar-refractivity contribution >= 4 is 29.9 Å². The number of rotatable bonds is 8. The maximum Gasteiger partial charge on any atom is 0.191 e. The zero-order valence-corrected chi connectivity index (χ0v) is 22.0. The molecule has 0 atom stereocenters. The number of hydrogen-bond acceptors (Lipinski definition) is 4. The molecule has 176 valence electrons. The molecule has 0 unspecified atom stereocenters. The first-order valence-corrected chi connectivity index (χ1v) is 11.0. The summed E-state index contributed by atoms with van der Waals surface area (Å²) in [4.78, 5) is 6.92. The van der Waals surface area contributed by atoms with Gasteiger partial charge in [0.25, 0.3) is 0 Å². The molecule has 1 aliphatic heterocycles. The summed E-state index contributed by atoms with van der Waals surface area (Å²) in [5.41, 5.74) is 3.66. The van der Waals surface area contributed by atoms with Crippen LogP contribution < -0.4 is 20.1 Å². The monoisotopic (exact) mass is 552 g/mol. The van der Waals surface area contributed by atoms with Crippen molar-refractivity contribution in [1.82, 2.24) is 15.5 Å². The predicted octanol–water partition coefficient (Wildman–Crippen LogP) is 4.21. The fourth-order valence-corrected chi connectivity index (χ4v) is 3.98. The number of benzene rings is 2. The minimum atomic E-state index is 0. The molecule has 2 aromatic carbocycles. The highest BCUT2D eigenvalue weighted by Crippen LogP contribution is 2.21. The summed E-state index contributed by atoms with van der Waals surface area (Å²) in [6.07, 6.45) is 2.40. The van der Waals surface area contributed by atoms with Crippen molar-refractivity contribution in [3.8, 4) is 11.5 Å². The van der Waals surface area contributed by atoms with Crippen LogP contribution in [-0.4, -0.2) is 51.8 Å². The van der Waals surface area contributed by atoms with Gasteiger partial charge < -0.3 is 20.1 Å². The van der Waals surface area contributed by atoms with E-state index in [2.05, 4.69) is 57.8 Å². The number of aryl methyl sites for hydroxylation is 1. The van der Waals surface area contributed by atoms with E-state index < -0.39 is 0 Å². The van der Waals surface area contributed by atoms with Crippen LogP contribution in [0.25, 0.3) is 0 Å². The number of guanidine groups is 1. The Morgan fingerprint density at radius 2 is 1.75 bits per heavy atom. The third-order valence-corrected chi connectivity index (χ3v) is 5.94. The van der Waals surface area contributed by atoms with Gasteiger partial charge in [0.2, 0.25) is 0 Å². The zero-order chi connectivity index (χ0) is 22.1. The van der Waals surface area contributed by atoms with Gasteiger partial charge in [-0.3, -0.25) is 9.89 Å². The van der Waals surface area contributed by atoms with Gasteiger partial charge in [-0.15, -0.1) is 24.0 Å². The summed E-state index contributed by atoms with van der Waals surface area (Å²) in [6, 6.07) is 14.7. The van der Waals surface area contributed by atoms with Crippen LogP contribution in [0.5, 0.6) is 11.5 Å². The van der Waals surface area contributed by atoms with Crippen LogP contribution in [0.2, 0.25) is 0 Å². The number of halogens is 1. The molecule has 1 saturated heterocycles. The molecule has 32 heavy (non-hydrogen) atoms. The number of likely N-dealkylation sites (tertiary alicyclic amines) is 1. The Bertz CT molecular complexity index is 850. The van der Waals surface area contributed by atoms with Crippen molar-refractivity contribution < 1.29 is 9.47 Å². The lowest BCUT2D eigenvalue weighted by atomic mass is 9.96. The Morgan fingerprint density at radius 3 is 2.38 bits per heavy atom. The Balaban J connectivity index is 0.00000363. The largest absolute Gasteiger partial charge is 0.497 e. The molecule has 0 bridgehead atoms. The maximum absolute atomic E-state index is 5.50. The fraction of sp³-hybridized carbons (Fsp3) is 0.480. The highest BCUT2D eigenvalue weighted by molar-refractivity contribution is 14.0. The van der Waals surface area contributed by atoms with Crippen molar-refractivity contribution in [1.29, 1.82) is 0 Å². The van der Waals surface area contributed by atoms with Crippen molar-refractivity contribution in [2.45, 2.75) is 32.9 Å². The molecule has 6 nitrogen and oxygen atoms in total. The molecule has 0 aliphatic carbocycles. The van der Waals surface area contributed by atoms with E-state index in [-0.39, 0.29) is 24.0 Å². The molecule has 0 amide bonds. The summed E-state index contributed by atoms with van der Waals surface area (Å²) in [5.74, 6) is 3.33. The van der Waals surface area contributed by atoms with Gasteiger partial charge in [0.15, 0.2) is 5.96 Å². The lowest BCUT2D eigenvalue weighted by Crippen LogP contribution is -2.42. The molecule has 3 rings (SSSR count). The second-order valence-electron chi connectivity index (χ2n) is 8.19. The third-order valence-electron chi connectivity index (χ3n) is 5.94. The first kappa shape index (κ1) is 26.3. The molecule has 1 fully saturated rings. The normalized spacial score (nSPS) is 15.1. The quantitative estimate of drug-likeness (QED) is 0.292. The molecule has 7 heteroatoms. The van der Waals surface area contributed by atoms with E-state index in [1.807, 2.05) is 19.2 Å². The average Bonchev–Trinajstić information content (AvgIpc) is 2.81. The van der Waals surface area contributed by atoms with Crippen molar-refractivity contribution in [2.24, 2.45) is 10.9 Å². The van der Waals surface area contributed by atoms with Gasteiger partial charge in [-0.05, 0) is 68.1 Å². The minimum absolute atomic E-state index is 0.